The average Bonchev–Trinajstić information content (AvgIpc) is 3.18. The Morgan fingerprint density at radius 3 is 2.74 bits per heavy atom. The molecule has 0 saturated carbocycles. The molecule has 2 aromatic rings. The third-order valence-electron chi connectivity index (χ3n) is 7.92. The van der Waals surface area contributed by atoms with Crippen LogP contribution in [0.25, 0.3) is 0 Å². The number of rotatable bonds is 8. The highest BCUT2D eigenvalue weighted by Crippen LogP contribution is 2.40. The number of hydrogen-bond acceptors (Lipinski definition) is 7. The van der Waals surface area contributed by atoms with E-state index in [9.17, 15) is 4.79 Å². The molecule has 10 heteroatoms. The first-order valence-electron chi connectivity index (χ1n) is 13.1. The van der Waals surface area contributed by atoms with E-state index in [1.165, 1.54) is 12.8 Å². The van der Waals surface area contributed by atoms with E-state index in [4.69, 9.17) is 16.7 Å². The molecule has 5 rings (SSSR count). The van der Waals surface area contributed by atoms with Gasteiger partial charge in [-0.1, -0.05) is 18.0 Å². The number of amides is 1. The molecule has 5 heterocycles. The van der Waals surface area contributed by atoms with Crippen LogP contribution in [0.4, 0.5) is 17.5 Å². The Balaban J connectivity index is 1.17. The van der Waals surface area contributed by atoms with E-state index in [2.05, 4.69) is 43.4 Å². The fraction of sp³-hybridized carbons (Fsp3) is 0.680. The number of nitrogens with zero attached hydrogens (tertiary/aromatic N) is 6. The zero-order valence-corrected chi connectivity index (χ0v) is 21.6. The van der Waals surface area contributed by atoms with Crippen LogP contribution in [-0.4, -0.2) is 74.2 Å². The normalized spacial score (nSPS) is 25.1. The number of piperidine rings is 1. The lowest BCUT2D eigenvalue weighted by Gasteiger charge is -2.36. The lowest BCUT2D eigenvalue weighted by molar-refractivity contribution is -0.130. The monoisotopic (exact) mass is 500 g/mol. The maximum Gasteiger partial charge on any atom is 0.229 e. The summed E-state index contributed by atoms with van der Waals surface area (Å²) in [6.45, 7) is 4.33. The van der Waals surface area contributed by atoms with Gasteiger partial charge in [-0.2, -0.15) is 10.1 Å². The molecule has 3 aliphatic heterocycles. The molecule has 2 aromatic heterocycles. The van der Waals surface area contributed by atoms with Crippen molar-refractivity contribution in [1.82, 2.24) is 29.5 Å². The van der Waals surface area contributed by atoms with Crippen molar-refractivity contribution in [3.8, 4) is 0 Å². The molecule has 0 aliphatic carbocycles. The third-order valence-corrected chi connectivity index (χ3v) is 8.20. The molecule has 190 valence electrons. The first-order valence-corrected chi connectivity index (χ1v) is 13.4. The SMILES string of the molecule is Cc1nn(C2CC3CCC(C2)N3C)cc1Nc1ncc(Cl)c(NCCCN2CCCCCC2=O)n1. The van der Waals surface area contributed by atoms with Crippen molar-refractivity contribution in [2.24, 2.45) is 0 Å². The van der Waals surface area contributed by atoms with Crippen molar-refractivity contribution in [2.75, 3.05) is 37.3 Å². The van der Waals surface area contributed by atoms with Crippen molar-refractivity contribution >= 4 is 35.0 Å². The van der Waals surface area contributed by atoms with E-state index >= 15 is 0 Å². The van der Waals surface area contributed by atoms with Gasteiger partial charge in [-0.25, -0.2) is 4.98 Å². The van der Waals surface area contributed by atoms with Gasteiger partial charge in [-0.3, -0.25) is 9.48 Å². The minimum Gasteiger partial charge on any atom is -0.369 e. The molecule has 0 aromatic carbocycles. The highest BCUT2D eigenvalue weighted by atomic mass is 35.5. The molecule has 3 saturated heterocycles. The number of hydrogen-bond donors (Lipinski definition) is 2. The highest BCUT2D eigenvalue weighted by molar-refractivity contribution is 6.32. The number of aryl methyl sites for hydroxylation is 1. The van der Waals surface area contributed by atoms with Crippen LogP contribution in [-0.2, 0) is 4.79 Å². The number of carbonyl (C=O) groups excluding carboxylic acids is 1. The third kappa shape index (κ3) is 5.56. The molecule has 9 nitrogen and oxygen atoms in total. The first-order chi connectivity index (χ1) is 17.0. The highest BCUT2D eigenvalue weighted by Gasteiger charge is 2.39. The van der Waals surface area contributed by atoms with E-state index in [1.807, 2.05) is 11.8 Å². The van der Waals surface area contributed by atoms with Gasteiger partial charge in [0.1, 0.15) is 10.8 Å². The molecular formula is C25H37ClN8O. The summed E-state index contributed by atoms with van der Waals surface area (Å²) in [6, 6.07) is 1.79. The molecule has 0 spiro atoms. The smallest absolute Gasteiger partial charge is 0.229 e. The van der Waals surface area contributed by atoms with E-state index in [1.54, 1.807) is 6.20 Å². The van der Waals surface area contributed by atoms with Gasteiger partial charge in [0.25, 0.3) is 0 Å². The molecule has 2 unspecified atom stereocenters. The molecule has 0 radical (unpaired) electrons. The predicted molar refractivity (Wildman–Crippen MR) is 138 cm³/mol. The molecule has 3 aliphatic rings. The number of fused-ring (bicyclic) bond motifs is 2. The van der Waals surface area contributed by atoms with Gasteiger partial charge in [0.15, 0.2) is 0 Å². The summed E-state index contributed by atoms with van der Waals surface area (Å²) in [5, 5.41) is 11.9. The van der Waals surface area contributed by atoms with Gasteiger partial charge in [0.05, 0.1) is 23.6 Å². The van der Waals surface area contributed by atoms with Crippen molar-refractivity contribution in [3.05, 3.63) is 23.1 Å². The fourth-order valence-electron chi connectivity index (χ4n) is 5.81. The van der Waals surface area contributed by atoms with Crippen molar-refractivity contribution < 1.29 is 4.79 Å². The maximum absolute atomic E-state index is 12.2. The second-order valence-electron chi connectivity index (χ2n) is 10.3. The second-order valence-corrected chi connectivity index (χ2v) is 10.7. The Kier molecular flexibility index (Phi) is 7.43. The van der Waals surface area contributed by atoms with Crippen LogP contribution in [0.15, 0.2) is 12.4 Å². The molecule has 3 fully saturated rings. The topological polar surface area (TPSA) is 91.2 Å². The Hall–Kier alpha value is -2.39. The van der Waals surface area contributed by atoms with E-state index in [0.29, 0.717) is 47.9 Å². The van der Waals surface area contributed by atoms with E-state index in [-0.39, 0.29) is 5.91 Å². The van der Waals surface area contributed by atoms with Crippen LogP contribution in [0.1, 0.15) is 69.5 Å². The Morgan fingerprint density at radius 2 is 1.94 bits per heavy atom. The summed E-state index contributed by atoms with van der Waals surface area (Å²) in [5.74, 6) is 1.37. The number of likely N-dealkylation sites (tertiary alicyclic amines) is 1. The average molecular weight is 501 g/mol. The summed E-state index contributed by atoms with van der Waals surface area (Å²) in [4.78, 5) is 25.7. The van der Waals surface area contributed by atoms with Crippen LogP contribution in [0.3, 0.4) is 0 Å². The zero-order chi connectivity index (χ0) is 24.4. The van der Waals surface area contributed by atoms with Crippen molar-refractivity contribution in [3.63, 3.8) is 0 Å². The molecular weight excluding hydrogens is 464 g/mol. The van der Waals surface area contributed by atoms with E-state index in [0.717, 1.165) is 63.0 Å². The number of carbonyl (C=O) groups is 1. The lowest BCUT2D eigenvalue weighted by Crippen LogP contribution is -2.40. The minimum absolute atomic E-state index is 0.276. The first kappa shape index (κ1) is 24.3. The van der Waals surface area contributed by atoms with Crippen LogP contribution in [0, 0.1) is 6.92 Å². The summed E-state index contributed by atoms with van der Waals surface area (Å²) in [7, 11) is 2.26. The van der Waals surface area contributed by atoms with Crippen molar-refractivity contribution in [1.29, 1.82) is 0 Å². The zero-order valence-electron chi connectivity index (χ0n) is 20.8. The van der Waals surface area contributed by atoms with Gasteiger partial charge in [-0.05, 0) is 58.9 Å². The summed E-state index contributed by atoms with van der Waals surface area (Å²) in [5.41, 5.74) is 1.86. The van der Waals surface area contributed by atoms with E-state index < -0.39 is 0 Å². The van der Waals surface area contributed by atoms with Crippen LogP contribution in [0.2, 0.25) is 5.02 Å². The number of nitrogens with one attached hydrogen (secondary N) is 2. The maximum atomic E-state index is 12.2. The largest absolute Gasteiger partial charge is 0.369 e. The fourth-order valence-corrected chi connectivity index (χ4v) is 5.97. The van der Waals surface area contributed by atoms with Crippen molar-refractivity contribution in [2.45, 2.75) is 82.8 Å². The number of halogens is 1. The molecule has 2 N–H and O–H groups in total. The number of anilines is 3. The molecule has 35 heavy (non-hydrogen) atoms. The molecule has 1 amide bonds. The van der Waals surface area contributed by atoms with Gasteiger partial charge in [0.2, 0.25) is 11.9 Å². The van der Waals surface area contributed by atoms with Gasteiger partial charge < -0.3 is 20.4 Å². The number of aromatic nitrogens is 4. The Bertz CT molecular complexity index is 1030. The van der Waals surface area contributed by atoms with Crippen LogP contribution in [0.5, 0.6) is 0 Å². The van der Waals surface area contributed by atoms with Gasteiger partial charge >= 0.3 is 0 Å². The van der Waals surface area contributed by atoms with Crippen LogP contribution >= 0.6 is 11.6 Å². The second kappa shape index (κ2) is 10.7. The Morgan fingerprint density at radius 1 is 1.14 bits per heavy atom. The molecule has 2 atom stereocenters. The predicted octanol–water partition coefficient (Wildman–Crippen LogP) is 4.38. The summed E-state index contributed by atoms with van der Waals surface area (Å²) < 4.78 is 2.13. The summed E-state index contributed by atoms with van der Waals surface area (Å²) in [6.07, 6.45) is 13.4. The quantitative estimate of drug-likeness (QED) is 0.519. The summed E-state index contributed by atoms with van der Waals surface area (Å²) >= 11 is 6.35. The van der Waals surface area contributed by atoms with Gasteiger partial charge in [-0.15, -0.1) is 0 Å². The minimum atomic E-state index is 0.276. The van der Waals surface area contributed by atoms with Crippen LogP contribution < -0.4 is 10.6 Å². The molecule has 2 bridgehead atoms. The Labute approximate surface area is 212 Å². The lowest BCUT2D eigenvalue weighted by atomic mass is 9.98. The van der Waals surface area contributed by atoms with Gasteiger partial charge in [0, 0.05) is 44.3 Å². The standard InChI is InChI=1S/C25H37ClN8O/c1-17-22(16-34(31-17)20-13-18-8-9-19(14-20)32(18)2)29-25-28-15-21(26)24(30-25)27-10-6-12-33-11-5-3-4-7-23(33)35/h15-16,18-20H,3-14H2,1-2H3,(H2,27,28,29,30).